The SMILES string of the molecule is CCCC(=O)[O-].[Br-].[NH4+].[NH4+]. The van der Waals surface area contributed by atoms with Gasteiger partial charge in [-0.2, -0.15) is 0 Å². The predicted octanol–water partition coefficient (Wildman–Crippen LogP) is -2.71. The Hall–Kier alpha value is -0.130. The van der Waals surface area contributed by atoms with Crippen LogP contribution in [0.3, 0.4) is 0 Å². The molecule has 0 rings (SSSR count). The Bertz CT molecular complexity index is 60.5. The average Bonchev–Trinajstić information content (AvgIpc) is 1.35. The molecule has 0 fully saturated rings. The molecule has 9 heavy (non-hydrogen) atoms. The maximum absolute atomic E-state index is 9.49. The van der Waals surface area contributed by atoms with E-state index in [1.807, 2.05) is 0 Å². The second kappa shape index (κ2) is 15.7. The van der Waals surface area contributed by atoms with Crippen LogP contribution < -0.4 is 34.4 Å². The standard InChI is InChI=1S/C4H8O2.BrH.2H3N/c1-2-3-4(5)6;;;/h2-3H2,1H3,(H,5,6);1H;2*1H3. The minimum atomic E-state index is -0.961. The summed E-state index contributed by atoms with van der Waals surface area (Å²) in [6.07, 6.45) is 0.850. The molecule has 4 nitrogen and oxygen atoms in total. The van der Waals surface area contributed by atoms with E-state index in [1.165, 1.54) is 0 Å². The number of carboxylic acids is 1. The first-order valence-electron chi connectivity index (χ1n) is 1.97. The minimum Gasteiger partial charge on any atom is -1.00 e. The third kappa shape index (κ3) is 32.9. The molecule has 0 heterocycles. The first kappa shape index (κ1) is 23.2. The van der Waals surface area contributed by atoms with Crippen LogP contribution in [-0.4, -0.2) is 5.97 Å². The van der Waals surface area contributed by atoms with Crippen LogP contribution in [0.2, 0.25) is 0 Å². The van der Waals surface area contributed by atoms with Crippen molar-refractivity contribution < 1.29 is 26.9 Å². The van der Waals surface area contributed by atoms with Crippen LogP contribution >= 0.6 is 0 Å². The minimum absolute atomic E-state index is 0. The van der Waals surface area contributed by atoms with E-state index in [4.69, 9.17) is 0 Å². The zero-order valence-electron chi connectivity index (χ0n) is 6.11. The summed E-state index contributed by atoms with van der Waals surface area (Å²) in [4.78, 5) is 9.49. The van der Waals surface area contributed by atoms with E-state index in [0.717, 1.165) is 0 Å². The molecule has 60 valence electrons. The maximum Gasteiger partial charge on any atom is 0.0414 e. The number of quaternary nitrogens is 2. The monoisotopic (exact) mass is 202 g/mol. The number of hydrogen-bond acceptors (Lipinski definition) is 2. The van der Waals surface area contributed by atoms with Crippen molar-refractivity contribution in [3.63, 3.8) is 0 Å². The van der Waals surface area contributed by atoms with Gasteiger partial charge in [0, 0.05) is 5.97 Å². The Balaban J connectivity index is -0.0000000417. The highest BCUT2D eigenvalue weighted by atomic mass is 79.9. The van der Waals surface area contributed by atoms with E-state index >= 15 is 0 Å². The summed E-state index contributed by atoms with van der Waals surface area (Å²) in [5, 5.41) is 9.49. The van der Waals surface area contributed by atoms with E-state index < -0.39 is 5.97 Å². The number of carbonyl (C=O) groups excluding carboxylic acids is 1. The summed E-state index contributed by atoms with van der Waals surface area (Å²) in [6, 6.07) is 0. The second-order valence-electron chi connectivity index (χ2n) is 1.12. The van der Waals surface area contributed by atoms with Gasteiger partial charge in [-0.15, -0.1) is 0 Å². The lowest BCUT2D eigenvalue weighted by Gasteiger charge is -1.92. The Kier molecular flexibility index (Phi) is 40.3. The van der Waals surface area contributed by atoms with Crippen LogP contribution in [0.25, 0.3) is 0 Å². The Morgan fingerprint density at radius 2 is 1.78 bits per heavy atom. The van der Waals surface area contributed by atoms with Crippen molar-refractivity contribution in [3.05, 3.63) is 0 Å². The molecule has 0 saturated heterocycles. The number of carbonyl (C=O) groups is 1. The molecule has 0 aromatic heterocycles. The molecule has 0 radical (unpaired) electrons. The zero-order chi connectivity index (χ0) is 4.99. The van der Waals surface area contributed by atoms with Gasteiger partial charge < -0.3 is 39.2 Å². The van der Waals surface area contributed by atoms with Crippen LogP contribution in [0.4, 0.5) is 0 Å². The normalized spacial score (nSPS) is 5.44. The lowest BCUT2D eigenvalue weighted by atomic mass is 10.4. The van der Waals surface area contributed by atoms with Crippen molar-refractivity contribution in [2.75, 3.05) is 0 Å². The Morgan fingerprint density at radius 3 is 1.78 bits per heavy atom. The van der Waals surface area contributed by atoms with E-state index in [9.17, 15) is 9.90 Å². The molecular formula is C4H15BrN2O2. The summed E-state index contributed by atoms with van der Waals surface area (Å²) < 4.78 is 0. The van der Waals surface area contributed by atoms with Crippen molar-refractivity contribution in [3.8, 4) is 0 Å². The van der Waals surface area contributed by atoms with Gasteiger partial charge in [-0.3, -0.25) is 0 Å². The summed E-state index contributed by atoms with van der Waals surface area (Å²) >= 11 is 0. The zero-order valence-corrected chi connectivity index (χ0v) is 7.69. The molecular weight excluding hydrogens is 188 g/mol. The second-order valence-corrected chi connectivity index (χ2v) is 1.12. The van der Waals surface area contributed by atoms with Gasteiger partial charge in [-0.05, 0) is 6.42 Å². The summed E-state index contributed by atoms with van der Waals surface area (Å²) in [6.45, 7) is 1.80. The molecule has 0 atom stereocenters. The lowest BCUT2D eigenvalue weighted by Crippen LogP contribution is -3.00. The molecule has 0 aliphatic heterocycles. The maximum atomic E-state index is 9.49. The van der Waals surface area contributed by atoms with E-state index in [0.29, 0.717) is 6.42 Å². The topological polar surface area (TPSA) is 113 Å². The number of aliphatic carboxylic acids is 1. The van der Waals surface area contributed by atoms with Crippen molar-refractivity contribution in [2.24, 2.45) is 0 Å². The van der Waals surface area contributed by atoms with Crippen LogP contribution in [0.15, 0.2) is 0 Å². The van der Waals surface area contributed by atoms with Crippen molar-refractivity contribution in [2.45, 2.75) is 19.8 Å². The van der Waals surface area contributed by atoms with Gasteiger partial charge in [-0.1, -0.05) is 13.3 Å². The Labute approximate surface area is 65.6 Å². The van der Waals surface area contributed by atoms with Crippen LogP contribution in [0.1, 0.15) is 19.8 Å². The highest BCUT2D eigenvalue weighted by Crippen LogP contribution is 1.79. The molecule has 0 aliphatic rings. The molecule has 0 aromatic carbocycles. The molecule has 0 spiro atoms. The third-order valence-electron chi connectivity index (χ3n) is 0.454. The number of hydrogen-bond donors (Lipinski definition) is 2. The molecule has 0 bridgehead atoms. The molecule has 0 saturated carbocycles. The lowest BCUT2D eigenvalue weighted by molar-refractivity contribution is -0.305. The van der Waals surface area contributed by atoms with Gasteiger partial charge in [0.05, 0.1) is 0 Å². The van der Waals surface area contributed by atoms with Crippen LogP contribution in [-0.2, 0) is 4.79 Å². The quantitative estimate of drug-likeness (QED) is 0.508. The first-order valence-corrected chi connectivity index (χ1v) is 1.97. The smallest absolute Gasteiger partial charge is 0.0414 e. The third-order valence-corrected chi connectivity index (χ3v) is 0.454. The highest BCUT2D eigenvalue weighted by molar-refractivity contribution is 5.63. The first-order chi connectivity index (χ1) is 2.77. The van der Waals surface area contributed by atoms with Crippen LogP contribution in [0, 0.1) is 0 Å². The Morgan fingerprint density at radius 1 is 1.44 bits per heavy atom. The largest absolute Gasteiger partial charge is 1.00 e. The molecule has 0 unspecified atom stereocenters. The fourth-order valence-corrected chi connectivity index (χ4v) is 0.204. The average molecular weight is 203 g/mol. The van der Waals surface area contributed by atoms with E-state index in [2.05, 4.69) is 0 Å². The van der Waals surface area contributed by atoms with Crippen molar-refractivity contribution in [1.29, 1.82) is 0 Å². The van der Waals surface area contributed by atoms with Gasteiger partial charge in [0.1, 0.15) is 0 Å². The number of carboxylic acid groups (broad SMARTS) is 1. The van der Waals surface area contributed by atoms with Gasteiger partial charge in [0.15, 0.2) is 0 Å². The van der Waals surface area contributed by atoms with Crippen molar-refractivity contribution in [1.82, 2.24) is 12.3 Å². The molecule has 0 amide bonds. The summed E-state index contributed by atoms with van der Waals surface area (Å²) in [7, 11) is 0. The molecule has 5 heteroatoms. The summed E-state index contributed by atoms with van der Waals surface area (Å²) in [5.74, 6) is -0.961. The van der Waals surface area contributed by atoms with Gasteiger partial charge >= 0.3 is 0 Å². The van der Waals surface area contributed by atoms with E-state index in [1.54, 1.807) is 6.92 Å². The highest BCUT2D eigenvalue weighted by Gasteiger charge is 1.75. The van der Waals surface area contributed by atoms with Gasteiger partial charge in [-0.25, -0.2) is 0 Å². The van der Waals surface area contributed by atoms with Crippen molar-refractivity contribution >= 4 is 5.97 Å². The summed E-state index contributed by atoms with van der Waals surface area (Å²) in [5.41, 5.74) is 0. The number of rotatable bonds is 2. The predicted molar refractivity (Wildman–Crippen MR) is 31.9 cm³/mol. The van der Waals surface area contributed by atoms with E-state index in [-0.39, 0.29) is 35.7 Å². The fraction of sp³-hybridized carbons (Fsp3) is 0.750. The van der Waals surface area contributed by atoms with Gasteiger partial charge in [0.2, 0.25) is 0 Å². The molecule has 0 aliphatic carbocycles. The van der Waals surface area contributed by atoms with Crippen LogP contribution in [0.5, 0.6) is 0 Å². The molecule has 8 N–H and O–H groups in total. The van der Waals surface area contributed by atoms with Gasteiger partial charge in [0.25, 0.3) is 0 Å². The number of halogens is 1. The molecule has 0 aromatic rings. The fourth-order valence-electron chi connectivity index (χ4n) is 0.204.